The van der Waals surface area contributed by atoms with E-state index >= 15 is 0 Å². The monoisotopic (exact) mass is 331 g/mol. The number of methoxy groups -OCH3 is 1. The Hall–Kier alpha value is -1.92. The average molecular weight is 331 g/mol. The molecule has 1 aliphatic heterocycles. The van der Waals surface area contributed by atoms with Crippen LogP contribution in [0.2, 0.25) is 0 Å². The third-order valence-electron chi connectivity index (χ3n) is 4.84. The quantitative estimate of drug-likeness (QED) is 0.877. The van der Waals surface area contributed by atoms with Gasteiger partial charge in [0.05, 0.1) is 13.7 Å². The van der Waals surface area contributed by atoms with E-state index in [0.29, 0.717) is 18.3 Å². The van der Waals surface area contributed by atoms with Crippen molar-refractivity contribution in [2.75, 3.05) is 13.7 Å². The lowest BCUT2D eigenvalue weighted by molar-refractivity contribution is -0.0275. The SMILES string of the molecule is CCc1nnc(CN2CCC[C@H]2[C@@](C)(O)c2ccc(OC)cc2)o1. The molecule has 2 heterocycles. The summed E-state index contributed by atoms with van der Waals surface area (Å²) in [5.41, 5.74) is -0.0592. The van der Waals surface area contributed by atoms with Gasteiger partial charge in [0.1, 0.15) is 11.4 Å². The van der Waals surface area contributed by atoms with E-state index in [1.807, 2.05) is 38.1 Å². The largest absolute Gasteiger partial charge is 0.497 e. The second kappa shape index (κ2) is 6.91. The molecule has 0 amide bonds. The molecule has 1 aliphatic rings. The highest BCUT2D eigenvalue weighted by Gasteiger charge is 2.41. The summed E-state index contributed by atoms with van der Waals surface area (Å²) in [4.78, 5) is 2.23. The number of rotatable bonds is 6. The standard InChI is InChI=1S/C18H25N3O3/c1-4-16-19-20-17(24-16)12-21-11-5-6-15(21)18(2,22)13-7-9-14(23-3)10-8-13/h7-10,15,22H,4-6,11-12H2,1-3H3/t15-,18-/m0/s1. The van der Waals surface area contributed by atoms with Gasteiger partial charge in [-0.25, -0.2) is 0 Å². The first-order chi connectivity index (χ1) is 11.5. The lowest BCUT2D eigenvalue weighted by atomic mass is 9.86. The zero-order valence-electron chi connectivity index (χ0n) is 14.5. The number of nitrogens with zero attached hydrogens (tertiary/aromatic N) is 3. The number of hydrogen-bond acceptors (Lipinski definition) is 6. The Kier molecular flexibility index (Phi) is 4.87. The molecule has 0 saturated carbocycles. The summed E-state index contributed by atoms with van der Waals surface area (Å²) < 4.78 is 10.8. The van der Waals surface area contributed by atoms with E-state index in [1.165, 1.54) is 0 Å². The number of benzene rings is 1. The second-order valence-electron chi connectivity index (χ2n) is 6.45. The van der Waals surface area contributed by atoms with Crippen molar-refractivity contribution in [1.29, 1.82) is 0 Å². The first kappa shape index (κ1) is 16.9. The van der Waals surface area contributed by atoms with E-state index in [9.17, 15) is 5.11 Å². The van der Waals surface area contributed by atoms with Crippen LogP contribution < -0.4 is 4.74 Å². The molecule has 1 aromatic heterocycles. The Labute approximate surface area is 142 Å². The van der Waals surface area contributed by atoms with Crippen LogP contribution in [-0.2, 0) is 18.6 Å². The number of ether oxygens (including phenoxy) is 1. The van der Waals surface area contributed by atoms with E-state index in [0.717, 1.165) is 37.1 Å². The van der Waals surface area contributed by atoms with Crippen LogP contribution in [0.15, 0.2) is 28.7 Å². The summed E-state index contributed by atoms with van der Waals surface area (Å²) in [6.45, 7) is 5.36. The van der Waals surface area contributed by atoms with Gasteiger partial charge in [-0.15, -0.1) is 10.2 Å². The molecule has 1 aromatic carbocycles. The highest BCUT2D eigenvalue weighted by molar-refractivity contribution is 5.31. The maximum absolute atomic E-state index is 11.2. The molecule has 6 heteroatoms. The third-order valence-corrected chi connectivity index (χ3v) is 4.84. The Balaban J connectivity index is 1.77. The maximum atomic E-state index is 11.2. The minimum atomic E-state index is -0.948. The molecular weight excluding hydrogens is 306 g/mol. The zero-order chi connectivity index (χ0) is 17.2. The Morgan fingerprint density at radius 3 is 2.62 bits per heavy atom. The third kappa shape index (κ3) is 3.30. The lowest BCUT2D eigenvalue weighted by Crippen LogP contribution is -2.45. The molecule has 0 radical (unpaired) electrons. The van der Waals surface area contributed by atoms with Crippen LogP contribution in [-0.4, -0.2) is 39.9 Å². The maximum Gasteiger partial charge on any atom is 0.230 e. The molecule has 1 saturated heterocycles. The van der Waals surface area contributed by atoms with Gasteiger partial charge in [0, 0.05) is 12.5 Å². The highest BCUT2D eigenvalue weighted by atomic mass is 16.5. The van der Waals surface area contributed by atoms with Crippen LogP contribution in [0.25, 0.3) is 0 Å². The van der Waals surface area contributed by atoms with Gasteiger partial charge in [0.2, 0.25) is 11.8 Å². The van der Waals surface area contributed by atoms with Crippen LogP contribution in [0.3, 0.4) is 0 Å². The number of aromatic nitrogens is 2. The van der Waals surface area contributed by atoms with Crippen LogP contribution in [0, 0.1) is 0 Å². The van der Waals surface area contributed by atoms with Crippen molar-refractivity contribution in [1.82, 2.24) is 15.1 Å². The Morgan fingerprint density at radius 2 is 2.00 bits per heavy atom. The van der Waals surface area contributed by atoms with Crippen molar-refractivity contribution in [2.24, 2.45) is 0 Å². The van der Waals surface area contributed by atoms with Gasteiger partial charge in [0.15, 0.2) is 0 Å². The van der Waals surface area contributed by atoms with Gasteiger partial charge < -0.3 is 14.3 Å². The van der Waals surface area contributed by atoms with Crippen LogP contribution in [0.4, 0.5) is 0 Å². The van der Waals surface area contributed by atoms with Crippen LogP contribution in [0.1, 0.15) is 44.0 Å². The molecule has 1 N–H and O–H groups in total. The van der Waals surface area contributed by atoms with Crippen LogP contribution >= 0.6 is 0 Å². The van der Waals surface area contributed by atoms with E-state index in [1.54, 1.807) is 7.11 Å². The topological polar surface area (TPSA) is 71.6 Å². The Bertz CT molecular complexity index is 666. The molecule has 130 valence electrons. The van der Waals surface area contributed by atoms with Gasteiger partial charge in [-0.1, -0.05) is 19.1 Å². The Morgan fingerprint density at radius 1 is 1.29 bits per heavy atom. The summed E-state index contributed by atoms with van der Waals surface area (Å²) >= 11 is 0. The van der Waals surface area contributed by atoms with E-state index in [4.69, 9.17) is 9.15 Å². The summed E-state index contributed by atoms with van der Waals surface area (Å²) in [5.74, 6) is 2.06. The van der Waals surface area contributed by atoms with Crippen molar-refractivity contribution >= 4 is 0 Å². The van der Waals surface area contributed by atoms with Crippen molar-refractivity contribution in [2.45, 2.75) is 51.3 Å². The molecule has 1 fully saturated rings. The van der Waals surface area contributed by atoms with Gasteiger partial charge in [-0.05, 0) is 44.0 Å². The first-order valence-electron chi connectivity index (χ1n) is 8.46. The second-order valence-corrected chi connectivity index (χ2v) is 6.45. The fourth-order valence-corrected chi connectivity index (χ4v) is 3.44. The van der Waals surface area contributed by atoms with Crippen molar-refractivity contribution < 1.29 is 14.3 Å². The molecule has 0 aliphatic carbocycles. The summed E-state index contributed by atoms with van der Waals surface area (Å²) in [6, 6.07) is 7.64. The number of hydrogen-bond donors (Lipinski definition) is 1. The molecule has 2 atom stereocenters. The van der Waals surface area contributed by atoms with Gasteiger partial charge in [0.25, 0.3) is 0 Å². The summed E-state index contributed by atoms with van der Waals surface area (Å²) in [6.07, 6.45) is 2.72. The molecular formula is C18H25N3O3. The normalized spacial score (nSPS) is 20.9. The molecule has 2 aromatic rings. The number of likely N-dealkylation sites (tertiary alicyclic amines) is 1. The fraction of sp³-hybridized carbons (Fsp3) is 0.556. The first-order valence-corrected chi connectivity index (χ1v) is 8.46. The van der Waals surface area contributed by atoms with Crippen molar-refractivity contribution in [3.8, 4) is 5.75 Å². The predicted molar refractivity (Wildman–Crippen MR) is 89.7 cm³/mol. The van der Waals surface area contributed by atoms with E-state index < -0.39 is 5.60 Å². The molecule has 24 heavy (non-hydrogen) atoms. The lowest BCUT2D eigenvalue weighted by Gasteiger charge is -2.36. The van der Waals surface area contributed by atoms with Crippen molar-refractivity contribution in [3.63, 3.8) is 0 Å². The molecule has 0 spiro atoms. The number of aryl methyl sites for hydroxylation is 1. The van der Waals surface area contributed by atoms with E-state index in [2.05, 4.69) is 15.1 Å². The predicted octanol–water partition coefficient (Wildman–Crippen LogP) is 2.51. The van der Waals surface area contributed by atoms with Crippen LogP contribution in [0.5, 0.6) is 5.75 Å². The smallest absolute Gasteiger partial charge is 0.230 e. The minimum Gasteiger partial charge on any atom is -0.497 e. The number of aliphatic hydroxyl groups is 1. The van der Waals surface area contributed by atoms with Gasteiger partial charge >= 0.3 is 0 Å². The summed E-state index contributed by atoms with van der Waals surface area (Å²) in [5, 5.41) is 19.3. The van der Waals surface area contributed by atoms with Gasteiger partial charge in [-0.2, -0.15) is 0 Å². The van der Waals surface area contributed by atoms with Gasteiger partial charge in [-0.3, -0.25) is 4.90 Å². The minimum absolute atomic E-state index is 0.0165. The highest BCUT2D eigenvalue weighted by Crippen LogP contribution is 2.36. The molecule has 3 rings (SSSR count). The summed E-state index contributed by atoms with van der Waals surface area (Å²) in [7, 11) is 1.64. The van der Waals surface area contributed by atoms with E-state index in [-0.39, 0.29) is 6.04 Å². The molecule has 0 unspecified atom stereocenters. The van der Waals surface area contributed by atoms with Crippen molar-refractivity contribution in [3.05, 3.63) is 41.6 Å². The average Bonchev–Trinajstić information content (AvgIpc) is 3.25. The molecule has 6 nitrogen and oxygen atoms in total. The fourth-order valence-electron chi connectivity index (χ4n) is 3.44. The molecule has 0 bridgehead atoms. The zero-order valence-corrected chi connectivity index (χ0v) is 14.5.